The molecule has 5 aromatic rings. The number of rotatable bonds is 8. The zero-order valence-electron chi connectivity index (χ0n) is 24.0. The number of hydrogen-bond donors (Lipinski definition) is 2. The van der Waals surface area contributed by atoms with Crippen LogP contribution in [0.3, 0.4) is 0 Å². The summed E-state index contributed by atoms with van der Waals surface area (Å²) in [5, 5.41) is 26.0. The van der Waals surface area contributed by atoms with E-state index in [2.05, 4.69) is 32.0 Å². The second-order valence-corrected chi connectivity index (χ2v) is 11.7. The zero-order valence-corrected chi connectivity index (χ0v) is 25.5. The highest BCUT2D eigenvalue weighted by atomic mass is 35.5. The van der Waals surface area contributed by atoms with Crippen LogP contribution >= 0.6 is 23.2 Å². The SMILES string of the molecule is CCN1CC(n2cc([C@@H](Nc3cc(Cl)c4ncc(C#N)c(Nc5ccc(F)c(Cl)c5)c4c3)c3ccccc3)nn2)CC(F)(F)C1. The molecule has 2 N–H and O–H groups in total. The topological polar surface area (TPSA) is 94.7 Å². The molecule has 1 aliphatic rings. The van der Waals surface area contributed by atoms with Crippen LogP contribution in [0.4, 0.5) is 30.2 Å². The van der Waals surface area contributed by atoms with E-state index in [1.54, 1.807) is 23.2 Å². The van der Waals surface area contributed by atoms with Gasteiger partial charge in [-0.1, -0.05) is 65.7 Å². The molecule has 0 amide bonds. The van der Waals surface area contributed by atoms with Crippen molar-refractivity contribution in [1.29, 1.82) is 5.26 Å². The number of alkyl halides is 2. The Kier molecular flexibility index (Phi) is 8.55. The van der Waals surface area contributed by atoms with Crippen LogP contribution in [0.5, 0.6) is 0 Å². The molecular weight excluding hydrogens is 624 g/mol. The average molecular weight is 652 g/mol. The van der Waals surface area contributed by atoms with Crippen molar-refractivity contribution < 1.29 is 13.2 Å². The van der Waals surface area contributed by atoms with Crippen LogP contribution in [0.15, 0.2) is 73.1 Å². The summed E-state index contributed by atoms with van der Waals surface area (Å²) in [6, 6.07) is 18.3. The van der Waals surface area contributed by atoms with Gasteiger partial charge in [0.15, 0.2) is 0 Å². The maximum atomic E-state index is 14.5. The molecule has 3 aromatic carbocycles. The van der Waals surface area contributed by atoms with Crippen molar-refractivity contribution in [2.75, 3.05) is 30.3 Å². The summed E-state index contributed by atoms with van der Waals surface area (Å²) in [5.74, 6) is -3.40. The van der Waals surface area contributed by atoms with Gasteiger partial charge in [-0.25, -0.2) is 17.9 Å². The summed E-state index contributed by atoms with van der Waals surface area (Å²) in [4.78, 5) is 6.12. The van der Waals surface area contributed by atoms with Crippen LogP contribution in [0, 0.1) is 17.1 Å². The maximum Gasteiger partial charge on any atom is 0.262 e. The number of fused-ring (bicyclic) bond motifs is 1. The van der Waals surface area contributed by atoms with Crippen molar-refractivity contribution in [3.63, 3.8) is 0 Å². The number of anilines is 3. The Morgan fingerprint density at radius 3 is 2.60 bits per heavy atom. The van der Waals surface area contributed by atoms with Crippen molar-refractivity contribution >= 4 is 51.2 Å². The predicted molar refractivity (Wildman–Crippen MR) is 169 cm³/mol. The number of pyridine rings is 1. The van der Waals surface area contributed by atoms with Crippen molar-refractivity contribution in [2.45, 2.75) is 31.4 Å². The first-order chi connectivity index (χ1) is 21.6. The van der Waals surface area contributed by atoms with Crippen LogP contribution in [0.1, 0.15) is 42.2 Å². The van der Waals surface area contributed by atoms with Gasteiger partial charge < -0.3 is 10.6 Å². The molecule has 45 heavy (non-hydrogen) atoms. The third-order valence-electron chi connectivity index (χ3n) is 7.78. The fourth-order valence-electron chi connectivity index (χ4n) is 5.60. The number of benzene rings is 3. The van der Waals surface area contributed by atoms with Gasteiger partial charge in [-0.15, -0.1) is 5.10 Å². The highest BCUT2D eigenvalue weighted by Gasteiger charge is 2.41. The molecule has 0 saturated carbocycles. The van der Waals surface area contributed by atoms with E-state index in [9.17, 15) is 18.4 Å². The normalized spacial score (nSPS) is 17.1. The van der Waals surface area contributed by atoms with Gasteiger partial charge in [0.2, 0.25) is 0 Å². The Morgan fingerprint density at radius 1 is 1.09 bits per heavy atom. The summed E-state index contributed by atoms with van der Waals surface area (Å²) < 4.78 is 44.4. The van der Waals surface area contributed by atoms with Gasteiger partial charge in [-0.05, 0) is 42.4 Å². The predicted octanol–water partition coefficient (Wildman–Crippen LogP) is 7.99. The first-order valence-electron chi connectivity index (χ1n) is 14.2. The number of likely N-dealkylation sites (N-methyl/N-ethyl adjacent to an activating group) is 1. The third-order valence-corrected chi connectivity index (χ3v) is 8.36. The van der Waals surface area contributed by atoms with Crippen molar-refractivity contribution in [3.8, 4) is 6.07 Å². The van der Waals surface area contributed by atoms with E-state index in [-0.39, 0.29) is 23.6 Å². The molecule has 1 fully saturated rings. The molecule has 1 aliphatic heterocycles. The average Bonchev–Trinajstić information content (AvgIpc) is 3.52. The fraction of sp³-hybridized carbons (Fsp3) is 0.250. The molecule has 0 radical (unpaired) electrons. The van der Waals surface area contributed by atoms with E-state index in [1.807, 2.05) is 37.3 Å². The Bertz CT molecular complexity index is 1890. The van der Waals surface area contributed by atoms with Crippen LogP contribution in [-0.2, 0) is 0 Å². The number of aromatic nitrogens is 4. The van der Waals surface area contributed by atoms with Crippen molar-refractivity contribution in [2.24, 2.45) is 0 Å². The van der Waals surface area contributed by atoms with Crippen LogP contribution in [-0.4, -0.2) is 50.4 Å². The molecule has 0 bridgehead atoms. The molecule has 2 aromatic heterocycles. The number of hydrogen-bond acceptors (Lipinski definition) is 7. The number of nitriles is 1. The van der Waals surface area contributed by atoms with Crippen molar-refractivity contribution in [3.05, 3.63) is 106 Å². The lowest BCUT2D eigenvalue weighted by Gasteiger charge is -2.36. The summed E-state index contributed by atoms with van der Waals surface area (Å²) in [7, 11) is 0. The molecule has 0 aliphatic carbocycles. The summed E-state index contributed by atoms with van der Waals surface area (Å²) >= 11 is 12.7. The second kappa shape index (κ2) is 12.6. The van der Waals surface area contributed by atoms with E-state index in [4.69, 9.17) is 23.2 Å². The Labute approximate surface area is 267 Å². The lowest BCUT2D eigenvalue weighted by Crippen LogP contribution is -2.47. The zero-order chi connectivity index (χ0) is 31.7. The molecule has 1 saturated heterocycles. The van der Waals surface area contributed by atoms with E-state index in [0.29, 0.717) is 51.8 Å². The molecule has 1 unspecified atom stereocenters. The molecule has 6 rings (SSSR count). The van der Waals surface area contributed by atoms with Crippen LogP contribution in [0.2, 0.25) is 10.0 Å². The molecule has 3 heterocycles. The van der Waals surface area contributed by atoms with Gasteiger partial charge >= 0.3 is 0 Å². The van der Waals surface area contributed by atoms with E-state index >= 15 is 0 Å². The third kappa shape index (κ3) is 6.54. The molecule has 2 atom stereocenters. The first kappa shape index (κ1) is 30.6. The van der Waals surface area contributed by atoms with Crippen molar-refractivity contribution in [1.82, 2.24) is 24.9 Å². The minimum Gasteiger partial charge on any atom is -0.373 e. The quantitative estimate of drug-likeness (QED) is 0.176. The van der Waals surface area contributed by atoms with Gasteiger partial charge in [0.25, 0.3) is 5.92 Å². The summed E-state index contributed by atoms with van der Waals surface area (Å²) in [6.45, 7) is 2.55. The fourth-order valence-corrected chi connectivity index (χ4v) is 6.05. The van der Waals surface area contributed by atoms with Gasteiger partial charge in [0, 0.05) is 35.9 Å². The largest absolute Gasteiger partial charge is 0.373 e. The number of likely N-dealkylation sites (tertiary alicyclic amines) is 1. The molecule has 13 heteroatoms. The minimum atomic E-state index is -2.83. The molecule has 0 spiro atoms. The van der Waals surface area contributed by atoms with Gasteiger partial charge in [0.05, 0.1) is 51.6 Å². The van der Waals surface area contributed by atoms with Crippen LogP contribution in [0.25, 0.3) is 10.9 Å². The Morgan fingerprint density at radius 2 is 1.87 bits per heavy atom. The number of piperidine rings is 1. The number of nitrogens with zero attached hydrogens (tertiary/aromatic N) is 6. The maximum absolute atomic E-state index is 14.5. The van der Waals surface area contributed by atoms with E-state index < -0.39 is 23.8 Å². The first-order valence-corrected chi connectivity index (χ1v) is 15.0. The molecule has 8 nitrogen and oxygen atoms in total. The smallest absolute Gasteiger partial charge is 0.262 e. The Balaban J connectivity index is 1.39. The van der Waals surface area contributed by atoms with Crippen LogP contribution < -0.4 is 10.6 Å². The minimum absolute atomic E-state index is 0.0737. The standard InChI is InChI=1S/C32H27Cl2F3N8/c1-2-44-16-23(13-32(36,37)18-44)45-17-28(42-43-45)30(19-6-4-3-5-7-19)41-22-10-24-29(40-21-8-9-27(35)25(33)11-21)20(14-38)15-39-31(24)26(34)12-22/h3-12,15,17,23,30,41H,2,13,16,18H2,1H3,(H,39,40)/t23?,30-/m0/s1. The van der Waals surface area contributed by atoms with E-state index in [1.165, 1.54) is 29.1 Å². The van der Waals surface area contributed by atoms with Gasteiger partial charge in [0.1, 0.15) is 17.6 Å². The number of halogens is 5. The van der Waals surface area contributed by atoms with Gasteiger partial charge in [-0.3, -0.25) is 9.88 Å². The summed E-state index contributed by atoms with van der Waals surface area (Å²) in [5.41, 5.74) is 3.52. The second-order valence-electron chi connectivity index (χ2n) is 10.9. The molecule has 230 valence electrons. The lowest BCUT2D eigenvalue weighted by atomic mass is 10.0. The highest BCUT2D eigenvalue weighted by Crippen LogP contribution is 2.38. The number of nitrogens with one attached hydrogen (secondary N) is 2. The van der Waals surface area contributed by atoms with E-state index in [0.717, 1.165) is 5.56 Å². The molecular formula is C32H27Cl2F3N8. The monoisotopic (exact) mass is 650 g/mol. The summed E-state index contributed by atoms with van der Waals surface area (Å²) in [6.07, 6.45) is 2.79. The van der Waals surface area contributed by atoms with Gasteiger partial charge in [-0.2, -0.15) is 5.26 Å². The Hall–Kier alpha value is -4.37. The lowest BCUT2D eigenvalue weighted by molar-refractivity contribution is -0.0817. The highest BCUT2D eigenvalue weighted by molar-refractivity contribution is 6.36.